The van der Waals surface area contributed by atoms with Crippen LogP contribution in [0.25, 0.3) is 17.8 Å². The molecule has 58 heavy (non-hydrogen) atoms. The lowest BCUT2D eigenvalue weighted by atomic mass is 9.93. The maximum atomic E-state index is 14.2. The minimum Gasteiger partial charge on any atom is -0.497 e. The summed E-state index contributed by atoms with van der Waals surface area (Å²) in [5.41, 5.74) is 7.40. The summed E-state index contributed by atoms with van der Waals surface area (Å²) < 4.78 is 12.7. The monoisotopic (exact) mass is 813 g/mol. The number of rotatable bonds is 14. The van der Waals surface area contributed by atoms with E-state index in [1.54, 1.807) is 31.4 Å². The van der Waals surface area contributed by atoms with Gasteiger partial charge in [0.15, 0.2) is 17.5 Å². The summed E-state index contributed by atoms with van der Waals surface area (Å²) in [6.07, 6.45) is 4.87. The van der Waals surface area contributed by atoms with E-state index in [9.17, 15) is 19.2 Å². The van der Waals surface area contributed by atoms with E-state index in [0.717, 1.165) is 17.0 Å². The van der Waals surface area contributed by atoms with Crippen molar-refractivity contribution in [2.24, 2.45) is 5.73 Å². The fourth-order valence-electron chi connectivity index (χ4n) is 6.34. The average Bonchev–Trinajstić information content (AvgIpc) is 3.84. The summed E-state index contributed by atoms with van der Waals surface area (Å²) >= 11 is 1.34. The molecule has 1 aliphatic heterocycles. The van der Waals surface area contributed by atoms with Crippen molar-refractivity contribution in [1.29, 1.82) is 0 Å². The van der Waals surface area contributed by atoms with Crippen LogP contribution in [0.3, 0.4) is 0 Å². The number of ether oxygens (including phenoxy) is 2. The Labute approximate surface area is 339 Å². The number of methoxy groups -OCH3 is 1. The van der Waals surface area contributed by atoms with E-state index in [1.165, 1.54) is 26.7 Å². The summed E-state index contributed by atoms with van der Waals surface area (Å²) in [5.74, 6) is 0.542. The fourth-order valence-corrected chi connectivity index (χ4v) is 7.27. The predicted molar refractivity (Wildman–Crippen MR) is 220 cm³/mol. The standard InChI is InChI=1S/C39H48N12O6S/c1-39(2,3)30-24-58-37(42-30)44-35(53)26-15-18-49-33(20-26)43-34(48-17-7-8-28(22-48)57-38(55)41-16-19-51(4,5)23-31(40)52)29(36(49)54)13-14-32-45-47-50(46-32)21-25-9-11-27(56-6)12-10-25/h9-15,18,20,24,28H,7-8,16-17,19,21-23H2,1-6H3,(H3-,40,41,42,44,52,53,55)/p+1/b14-13+/t28-/m1/s1. The summed E-state index contributed by atoms with van der Waals surface area (Å²) in [4.78, 5) is 64.7. The molecule has 0 spiro atoms. The number of fused-ring (bicyclic) bond motifs is 1. The molecule has 0 unspecified atom stereocenters. The van der Waals surface area contributed by atoms with Gasteiger partial charge in [0, 0.05) is 29.1 Å². The summed E-state index contributed by atoms with van der Waals surface area (Å²) in [5, 5.41) is 20.8. The molecule has 1 saturated heterocycles. The van der Waals surface area contributed by atoms with Gasteiger partial charge in [0.05, 0.1) is 58.6 Å². The molecule has 0 bridgehead atoms. The number of anilines is 2. The highest BCUT2D eigenvalue weighted by Gasteiger charge is 2.28. The van der Waals surface area contributed by atoms with Crippen molar-refractivity contribution in [2.45, 2.75) is 51.7 Å². The normalized spacial score (nSPS) is 14.8. The zero-order valence-electron chi connectivity index (χ0n) is 33.5. The minimum atomic E-state index is -0.591. The van der Waals surface area contributed by atoms with E-state index in [2.05, 4.69) is 31.0 Å². The highest BCUT2D eigenvalue weighted by atomic mass is 32.1. The van der Waals surface area contributed by atoms with Gasteiger partial charge in [-0.25, -0.2) is 14.8 Å². The van der Waals surface area contributed by atoms with Gasteiger partial charge >= 0.3 is 6.09 Å². The van der Waals surface area contributed by atoms with Crippen molar-refractivity contribution in [3.05, 3.63) is 86.5 Å². The number of hydrogen-bond donors (Lipinski definition) is 3. The van der Waals surface area contributed by atoms with Gasteiger partial charge in [-0.05, 0) is 60.0 Å². The number of aromatic nitrogens is 7. The van der Waals surface area contributed by atoms with Crippen LogP contribution in [0.15, 0.2) is 52.8 Å². The SMILES string of the molecule is COc1ccc(Cn2nnc(/C=C/c3c(N4CCC[C@@H](OC(=O)NCC[N+](C)(C)CC(N)=O)C4)nc4cc(C(=O)Nc5nc(C(C)(C)C)cs5)ccn4c3=O)n2)cc1. The lowest BCUT2D eigenvalue weighted by molar-refractivity contribution is -0.881. The van der Waals surface area contributed by atoms with Gasteiger partial charge in [0.2, 0.25) is 0 Å². The molecule has 0 saturated carbocycles. The number of thiazole rings is 1. The van der Waals surface area contributed by atoms with E-state index >= 15 is 0 Å². The van der Waals surface area contributed by atoms with Crippen molar-refractivity contribution in [3.8, 4) is 5.75 Å². The Balaban J connectivity index is 1.25. The third-order valence-electron chi connectivity index (χ3n) is 9.47. The summed E-state index contributed by atoms with van der Waals surface area (Å²) in [6, 6.07) is 10.6. The summed E-state index contributed by atoms with van der Waals surface area (Å²) in [7, 11) is 5.30. The Morgan fingerprint density at radius 2 is 1.88 bits per heavy atom. The number of alkyl carbamates (subject to hydrolysis) is 1. The number of nitrogens with two attached hydrogens (primary N) is 1. The summed E-state index contributed by atoms with van der Waals surface area (Å²) in [6.45, 7) is 8.20. The molecule has 5 aromatic rings. The lowest BCUT2D eigenvalue weighted by Crippen LogP contribution is -2.50. The molecule has 1 fully saturated rings. The number of carbonyl (C=O) groups is 3. The molecule has 4 aromatic heterocycles. The fraction of sp³-hybridized carbons (Fsp3) is 0.410. The molecule has 306 valence electrons. The van der Waals surface area contributed by atoms with Crippen molar-refractivity contribution in [1.82, 2.24) is 39.9 Å². The first-order chi connectivity index (χ1) is 27.6. The van der Waals surface area contributed by atoms with E-state index in [1.807, 2.05) is 69.4 Å². The second-order valence-electron chi connectivity index (χ2n) is 15.7. The van der Waals surface area contributed by atoms with Gasteiger partial charge in [-0.2, -0.15) is 4.80 Å². The van der Waals surface area contributed by atoms with Crippen LogP contribution < -0.4 is 31.6 Å². The highest BCUT2D eigenvalue weighted by Crippen LogP contribution is 2.27. The van der Waals surface area contributed by atoms with Crippen LogP contribution in [0.2, 0.25) is 0 Å². The molecule has 6 rings (SSSR count). The van der Waals surface area contributed by atoms with Crippen LogP contribution in [-0.2, 0) is 21.5 Å². The highest BCUT2D eigenvalue weighted by molar-refractivity contribution is 7.14. The zero-order chi connectivity index (χ0) is 41.6. The molecule has 1 aromatic carbocycles. The van der Waals surface area contributed by atoms with Gasteiger partial charge in [0.1, 0.15) is 23.3 Å². The number of amides is 3. The number of likely N-dealkylation sites (N-methyl/N-ethyl adjacent to an activating group) is 1. The van der Waals surface area contributed by atoms with Crippen molar-refractivity contribution in [3.63, 3.8) is 0 Å². The van der Waals surface area contributed by atoms with Gasteiger partial charge in [-0.1, -0.05) is 32.9 Å². The molecule has 19 heteroatoms. The third kappa shape index (κ3) is 10.6. The molecule has 3 amide bonds. The number of piperidine rings is 1. The van der Waals surface area contributed by atoms with Crippen molar-refractivity contribution < 1.29 is 28.3 Å². The minimum absolute atomic E-state index is 0.137. The number of nitrogens with one attached hydrogen (secondary N) is 2. The molecule has 5 heterocycles. The number of tetrazole rings is 1. The first-order valence-corrected chi connectivity index (χ1v) is 19.7. The number of carbonyl (C=O) groups excluding carboxylic acids is 3. The van der Waals surface area contributed by atoms with Crippen LogP contribution in [0.4, 0.5) is 15.7 Å². The molecule has 1 aliphatic rings. The van der Waals surface area contributed by atoms with Gasteiger partial charge in [-0.3, -0.25) is 24.1 Å². The second kappa shape index (κ2) is 17.5. The van der Waals surface area contributed by atoms with Crippen molar-refractivity contribution >= 4 is 58.0 Å². The second-order valence-corrected chi connectivity index (χ2v) is 16.6. The maximum Gasteiger partial charge on any atom is 0.407 e. The van der Waals surface area contributed by atoms with Crippen LogP contribution in [-0.4, -0.2) is 117 Å². The molecular weight excluding hydrogens is 765 g/mol. The topological polar surface area (TPSA) is 214 Å². The third-order valence-corrected chi connectivity index (χ3v) is 10.2. The average molecular weight is 814 g/mol. The number of primary amides is 1. The molecule has 0 aliphatic carbocycles. The first-order valence-electron chi connectivity index (χ1n) is 18.8. The van der Waals surface area contributed by atoms with Gasteiger partial charge < -0.3 is 29.9 Å². The van der Waals surface area contributed by atoms with E-state index in [4.69, 9.17) is 20.2 Å². The van der Waals surface area contributed by atoms with Crippen LogP contribution in [0.1, 0.15) is 66.6 Å². The quantitative estimate of drug-likeness (QED) is 0.138. The molecular formula is C39H49N12O6S+. The Hall–Kier alpha value is -6.21. The Morgan fingerprint density at radius 3 is 2.59 bits per heavy atom. The molecule has 1 atom stereocenters. The lowest BCUT2D eigenvalue weighted by Gasteiger charge is -2.34. The molecule has 4 N–H and O–H groups in total. The largest absolute Gasteiger partial charge is 0.497 e. The van der Waals surface area contributed by atoms with Gasteiger partial charge in [0.25, 0.3) is 17.4 Å². The Kier molecular flexibility index (Phi) is 12.5. The van der Waals surface area contributed by atoms with E-state index in [0.29, 0.717) is 53.5 Å². The Morgan fingerprint density at radius 1 is 1.10 bits per heavy atom. The molecule has 18 nitrogen and oxygen atoms in total. The number of hydrogen-bond acceptors (Lipinski definition) is 13. The number of quaternary nitrogens is 1. The van der Waals surface area contributed by atoms with Gasteiger partial charge in [-0.15, -0.1) is 21.5 Å². The zero-order valence-corrected chi connectivity index (χ0v) is 34.3. The van der Waals surface area contributed by atoms with E-state index in [-0.39, 0.29) is 47.6 Å². The van der Waals surface area contributed by atoms with Crippen LogP contribution in [0, 0.1) is 0 Å². The van der Waals surface area contributed by atoms with Crippen LogP contribution >= 0.6 is 11.3 Å². The van der Waals surface area contributed by atoms with Crippen molar-refractivity contribution in [2.75, 3.05) is 64.1 Å². The van der Waals surface area contributed by atoms with Crippen LogP contribution in [0.5, 0.6) is 5.75 Å². The predicted octanol–water partition coefficient (Wildman–Crippen LogP) is 3.17. The first kappa shape index (κ1) is 41.4. The number of benzene rings is 1. The maximum absolute atomic E-state index is 14.2. The smallest absolute Gasteiger partial charge is 0.407 e. The van der Waals surface area contributed by atoms with E-state index < -0.39 is 24.0 Å². The number of nitrogens with zero attached hydrogens (tertiary/aromatic N) is 9. The Bertz CT molecular complexity index is 2360. The number of pyridine rings is 1. The molecule has 0 radical (unpaired) electrons.